The maximum absolute atomic E-state index is 12.8. The van der Waals surface area contributed by atoms with Gasteiger partial charge in [0.05, 0.1) is 11.9 Å². The Bertz CT molecular complexity index is 1180. The van der Waals surface area contributed by atoms with Crippen LogP contribution in [0.1, 0.15) is 23.7 Å². The summed E-state index contributed by atoms with van der Waals surface area (Å²) < 4.78 is 1.65. The fraction of sp³-hybridized carbons (Fsp3) is 0.0909. The van der Waals surface area contributed by atoms with Gasteiger partial charge in [0.15, 0.2) is 5.65 Å². The summed E-state index contributed by atoms with van der Waals surface area (Å²) in [6.07, 6.45) is 3.55. The Hall–Kier alpha value is -4.00. The predicted octanol–water partition coefficient (Wildman–Crippen LogP) is 4.00. The number of carbonyl (C=O) groups excluding carboxylic acids is 2. The van der Waals surface area contributed by atoms with E-state index in [1.54, 1.807) is 41.9 Å². The van der Waals surface area contributed by atoms with Crippen molar-refractivity contribution in [1.82, 2.24) is 14.6 Å². The van der Waals surface area contributed by atoms with E-state index in [1.165, 1.54) is 6.20 Å². The molecule has 2 aromatic carbocycles. The first kappa shape index (κ1) is 18.4. The van der Waals surface area contributed by atoms with Gasteiger partial charge in [0.25, 0.3) is 5.91 Å². The van der Waals surface area contributed by atoms with Crippen LogP contribution in [0, 0.1) is 0 Å². The summed E-state index contributed by atoms with van der Waals surface area (Å²) in [6.45, 7) is 1.78. The highest BCUT2D eigenvalue weighted by molar-refractivity contribution is 6.08. The van der Waals surface area contributed by atoms with Crippen molar-refractivity contribution >= 4 is 28.8 Å². The third-order valence-corrected chi connectivity index (χ3v) is 4.44. The zero-order valence-corrected chi connectivity index (χ0v) is 15.8. The second kappa shape index (κ2) is 7.93. The number of rotatable bonds is 5. The molecule has 0 saturated heterocycles. The fourth-order valence-corrected chi connectivity index (χ4v) is 3.00. The van der Waals surface area contributed by atoms with Crippen LogP contribution in [-0.2, 0) is 4.79 Å². The molecule has 2 amide bonds. The number of hydrogen-bond donors (Lipinski definition) is 2. The molecule has 7 heteroatoms. The van der Waals surface area contributed by atoms with E-state index in [-0.39, 0.29) is 11.8 Å². The van der Waals surface area contributed by atoms with Crippen molar-refractivity contribution in [3.05, 3.63) is 78.6 Å². The van der Waals surface area contributed by atoms with Crippen molar-refractivity contribution in [3.63, 3.8) is 0 Å². The summed E-state index contributed by atoms with van der Waals surface area (Å²) in [4.78, 5) is 28.8. The van der Waals surface area contributed by atoms with Gasteiger partial charge >= 0.3 is 0 Å². The lowest BCUT2D eigenvalue weighted by atomic mass is 10.1. The standard InChI is InChI=1S/C22H19N5O2/c1-2-20(28)25-16-9-6-10-17(13-16)26-22(29)18-14-24-27-19(11-12-23-21(18)27)15-7-4-3-5-8-15/h3-14H,2H2,1H3,(H,25,28)(H,26,29). The number of hydrogen-bond acceptors (Lipinski definition) is 4. The molecule has 29 heavy (non-hydrogen) atoms. The summed E-state index contributed by atoms with van der Waals surface area (Å²) in [7, 11) is 0. The minimum atomic E-state index is -0.323. The van der Waals surface area contributed by atoms with E-state index in [0.29, 0.717) is 29.0 Å². The van der Waals surface area contributed by atoms with Crippen molar-refractivity contribution in [2.45, 2.75) is 13.3 Å². The monoisotopic (exact) mass is 385 g/mol. The molecule has 0 aliphatic heterocycles. The number of aromatic nitrogens is 3. The van der Waals surface area contributed by atoms with Crippen molar-refractivity contribution in [3.8, 4) is 11.3 Å². The Morgan fingerprint density at radius 3 is 2.48 bits per heavy atom. The Kier molecular flexibility index (Phi) is 5.03. The molecule has 0 unspecified atom stereocenters. The third kappa shape index (κ3) is 3.84. The van der Waals surface area contributed by atoms with E-state index in [2.05, 4.69) is 20.7 Å². The molecule has 0 atom stereocenters. The Labute approximate surface area is 167 Å². The minimum Gasteiger partial charge on any atom is -0.326 e. The van der Waals surface area contributed by atoms with Crippen molar-refractivity contribution in [2.75, 3.05) is 10.6 Å². The van der Waals surface area contributed by atoms with Crippen molar-refractivity contribution in [1.29, 1.82) is 0 Å². The largest absolute Gasteiger partial charge is 0.326 e. The fourth-order valence-electron chi connectivity index (χ4n) is 3.00. The molecule has 0 radical (unpaired) electrons. The van der Waals surface area contributed by atoms with Gasteiger partial charge in [-0.15, -0.1) is 0 Å². The number of nitrogens with one attached hydrogen (secondary N) is 2. The van der Waals surface area contributed by atoms with Gasteiger partial charge in [-0.05, 0) is 24.3 Å². The Morgan fingerprint density at radius 2 is 1.72 bits per heavy atom. The number of benzene rings is 2. The quantitative estimate of drug-likeness (QED) is 0.544. The molecule has 0 aliphatic carbocycles. The molecule has 0 bridgehead atoms. The Morgan fingerprint density at radius 1 is 0.966 bits per heavy atom. The van der Waals surface area contributed by atoms with Gasteiger partial charge < -0.3 is 10.6 Å². The molecule has 4 aromatic rings. The third-order valence-electron chi connectivity index (χ3n) is 4.44. The van der Waals surface area contributed by atoms with E-state index in [1.807, 2.05) is 36.4 Å². The molecule has 2 heterocycles. The van der Waals surface area contributed by atoms with Gasteiger partial charge in [-0.1, -0.05) is 43.3 Å². The lowest BCUT2D eigenvalue weighted by Gasteiger charge is -2.08. The van der Waals surface area contributed by atoms with Gasteiger partial charge in [-0.3, -0.25) is 9.59 Å². The first-order valence-corrected chi connectivity index (χ1v) is 9.25. The van der Waals surface area contributed by atoms with E-state index < -0.39 is 0 Å². The van der Waals surface area contributed by atoms with Crippen molar-refractivity contribution in [2.24, 2.45) is 0 Å². The van der Waals surface area contributed by atoms with Crippen LogP contribution >= 0.6 is 0 Å². The van der Waals surface area contributed by atoms with Gasteiger partial charge in [-0.25, -0.2) is 9.50 Å². The van der Waals surface area contributed by atoms with Gasteiger partial charge in [0.1, 0.15) is 5.56 Å². The average molecular weight is 385 g/mol. The van der Waals surface area contributed by atoms with E-state index in [0.717, 1.165) is 11.3 Å². The average Bonchev–Trinajstić information content (AvgIpc) is 3.19. The first-order chi connectivity index (χ1) is 14.2. The Balaban J connectivity index is 1.62. The predicted molar refractivity (Wildman–Crippen MR) is 112 cm³/mol. The van der Waals surface area contributed by atoms with Gasteiger partial charge in [0, 0.05) is 29.6 Å². The highest BCUT2D eigenvalue weighted by Gasteiger charge is 2.16. The molecular weight excluding hydrogens is 366 g/mol. The van der Waals surface area contributed by atoms with Crippen LogP contribution < -0.4 is 10.6 Å². The molecular formula is C22H19N5O2. The molecule has 7 nitrogen and oxygen atoms in total. The molecule has 0 saturated carbocycles. The summed E-state index contributed by atoms with van der Waals surface area (Å²) in [6, 6.07) is 18.7. The number of anilines is 2. The zero-order valence-electron chi connectivity index (χ0n) is 15.8. The molecule has 2 aromatic heterocycles. The molecule has 0 fully saturated rings. The van der Waals surface area contributed by atoms with Crippen LogP contribution in [0.3, 0.4) is 0 Å². The topological polar surface area (TPSA) is 88.4 Å². The van der Waals surface area contributed by atoms with Crippen LogP contribution in [0.25, 0.3) is 16.9 Å². The second-order valence-electron chi connectivity index (χ2n) is 6.43. The number of carbonyl (C=O) groups is 2. The highest BCUT2D eigenvalue weighted by atomic mass is 16.2. The van der Waals surface area contributed by atoms with Crippen molar-refractivity contribution < 1.29 is 9.59 Å². The zero-order chi connectivity index (χ0) is 20.2. The van der Waals surface area contributed by atoms with Crippen LogP contribution in [0.15, 0.2) is 73.1 Å². The smallest absolute Gasteiger partial charge is 0.261 e. The summed E-state index contributed by atoms with van der Waals surface area (Å²) in [5.74, 6) is -0.412. The molecule has 4 rings (SSSR count). The lowest BCUT2D eigenvalue weighted by molar-refractivity contribution is -0.115. The normalized spacial score (nSPS) is 10.7. The maximum Gasteiger partial charge on any atom is 0.261 e. The van der Waals surface area contributed by atoms with Crippen LogP contribution in [0.4, 0.5) is 11.4 Å². The van der Waals surface area contributed by atoms with E-state index in [4.69, 9.17) is 0 Å². The van der Waals surface area contributed by atoms with Crippen LogP contribution in [0.5, 0.6) is 0 Å². The summed E-state index contributed by atoms with van der Waals surface area (Å²) in [5.41, 5.74) is 3.86. The maximum atomic E-state index is 12.8. The first-order valence-electron chi connectivity index (χ1n) is 9.25. The van der Waals surface area contributed by atoms with Crippen LogP contribution in [0.2, 0.25) is 0 Å². The number of amides is 2. The molecule has 0 spiro atoms. The lowest BCUT2D eigenvalue weighted by Crippen LogP contribution is -2.13. The van der Waals surface area contributed by atoms with Gasteiger partial charge in [-0.2, -0.15) is 5.10 Å². The van der Waals surface area contributed by atoms with E-state index in [9.17, 15) is 9.59 Å². The number of nitrogens with zero attached hydrogens (tertiary/aromatic N) is 3. The molecule has 144 valence electrons. The van der Waals surface area contributed by atoms with Crippen LogP contribution in [-0.4, -0.2) is 26.4 Å². The SMILES string of the molecule is CCC(=O)Nc1cccc(NC(=O)c2cnn3c(-c4ccccc4)ccnc23)c1. The summed E-state index contributed by atoms with van der Waals surface area (Å²) in [5, 5.41) is 9.98. The van der Waals surface area contributed by atoms with E-state index >= 15 is 0 Å². The second-order valence-corrected chi connectivity index (χ2v) is 6.43. The summed E-state index contributed by atoms with van der Waals surface area (Å²) >= 11 is 0. The minimum absolute atomic E-state index is 0.0891. The molecule has 0 aliphatic rings. The highest BCUT2D eigenvalue weighted by Crippen LogP contribution is 2.22. The number of fused-ring (bicyclic) bond motifs is 1. The molecule has 2 N–H and O–H groups in total. The van der Waals surface area contributed by atoms with Gasteiger partial charge in [0.2, 0.25) is 5.91 Å².